The Morgan fingerprint density at radius 1 is 1.18 bits per heavy atom. The van der Waals surface area contributed by atoms with E-state index in [1.54, 1.807) is 0 Å². The summed E-state index contributed by atoms with van der Waals surface area (Å²) in [4.78, 5) is 11.6. The highest BCUT2D eigenvalue weighted by molar-refractivity contribution is 5.67. The lowest BCUT2D eigenvalue weighted by Crippen LogP contribution is -2.38. The average molecular weight is 306 g/mol. The highest BCUT2D eigenvalue weighted by Gasteiger charge is 2.16. The zero-order chi connectivity index (χ0) is 16.8. The van der Waals surface area contributed by atoms with Gasteiger partial charge in [0.15, 0.2) is 0 Å². The number of anilines is 1. The van der Waals surface area contributed by atoms with E-state index in [-0.39, 0.29) is 12.1 Å². The van der Waals surface area contributed by atoms with Crippen molar-refractivity contribution >= 4 is 11.8 Å². The van der Waals surface area contributed by atoms with Crippen LogP contribution in [0.5, 0.6) is 0 Å². The molecule has 0 heterocycles. The molecule has 0 aliphatic rings. The van der Waals surface area contributed by atoms with Crippen LogP contribution in [0.3, 0.4) is 0 Å². The van der Waals surface area contributed by atoms with Crippen molar-refractivity contribution in [3.05, 3.63) is 29.8 Å². The van der Waals surface area contributed by atoms with Crippen molar-refractivity contribution in [3.63, 3.8) is 0 Å². The minimum Gasteiger partial charge on any atom is -0.444 e. The first-order chi connectivity index (χ1) is 10.2. The number of carbonyl (C=O) groups excluding carboxylic acids is 1. The summed E-state index contributed by atoms with van der Waals surface area (Å²) in [5.41, 5.74) is 1.95. The van der Waals surface area contributed by atoms with E-state index in [1.165, 1.54) is 5.56 Å². The lowest BCUT2D eigenvalue weighted by atomic mass is 9.98. The van der Waals surface area contributed by atoms with Crippen LogP contribution in [-0.2, 0) is 4.74 Å². The molecular formula is C18H30N2O2. The van der Waals surface area contributed by atoms with E-state index in [2.05, 4.69) is 48.7 Å². The minimum absolute atomic E-state index is 0.127. The number of ether oxygens (including phenoxy) is 1. The highest BCUT2D eigenvalue weighted by atomic mass is 16.6. The van der Waals surface area contributed by atoms with Crippen LogP contribution in [0.4, 0.5) is 10.5 Å². The van der Waals surface area contributed by atoms with Crippen molar-refractivity contribution in [2.45, 2.75) is 65.5 Å². The summed E-state index contributed by atoms with van der Waals surface area (Å²) in [7, 11) is 0. The van der Waals surface area contributed by atoms with E-state index in [0.717, 1.165) is 12.1 Å². The van der Waals surface area contributed by atoms with E-state index < -0.39 is 5.60 Å². The highest BCUT2D eigenvalue weighted by Crippen LogP contribution is 2.20. The number of alkyl carbamates (subject to hydrolysis) is 1. The number of benzene rings is 1. The van der Waals surface area contributed by atoms with Gasteiger partial charge in [-0.1, -0.05) is 26.0 Å². The van der Waals surface area contributed by atoms with Crippen LogP contribution in [0.1, 0.15) is 59.4 Å². The molecule has 0 aliphatic carbocycles. The molecule has 2 atom stereocenters. The molecule has 0 radical (unpaired) electrons. The zero-order valence-corrected chi connectivity index (χ0v) is 14.7. The summed E-state index contributed by atoms with van der Waals surface area (Å²) >= 11 is 0. The Labute approximate surface area is 134 Å². The molecule has 1 amide bonds. The lowest BCUT2D eigenvalue weighted by molar-refractivity contribution is 0.0526. The largest absolute Gasteiger partial charge is 0.444 e. The van der Waals surface area contributed by atoms with Crippen molar-refractivity contribution in [2.75, 3.05) is 11.9 Å². The van der Waals surface area contributed by atoms with Gasteiger partial charge in [0, 0.05) is 18.3 Å². The Morgan fingerprint density at radius 3 is 2.27 bits per heavy atom. The summed E-state index contributed by atoms with van der Waals surface area (Å²) in [5.74, 6) is 0.584. The van der Waals surface area contributed by atoms with Gasteiger partial charge < -0.3 is 15.4 Å². The normalized spacial score (nSPS) is 14.1. The molecule has 0 fully saturated rings. The van der Waals surface area contributed by atoms with Gasteiger partial charge in [-0.15, -0.1) is 0 Å². The van der Waals surface area contributed by atoms with Crippen LogP contribution >= 0.6 is 0 Å². The Kier molecular flexibility index (Phi) is 6.72. The Hall–Kier alpha value is -1.71. The third kappa shape index (κ3) is 6.83. The fourth-order valence-corrected chi connectivity index (χ4v) is 2.03. The van der Waals surface area contributed by atoms with Crippen LogP contribution in [0.2, 0.25) is 0 Å². The minimum atomic E-state index is -0.466. The number of rotatable bonds is 6. The summed E-state index contributed by atoms with van der Waals surface area (Å²) in [6.45, 7) is 12.5. The van der Waals surface area contributed by atoms with E-state index >= 15 is 0 Å². The monoisotopic (exact) mass is 306 g/mol. The fourth-order valence-electron chi connectivity index (χ4n) is 2.03. The Bertz CT molecular complexity index is 463. The second-order valence-electron chi connectivity index (χ2n) is 6.86. The van der Waals surface area contributed by atoms with Gasteiger partial charge in [-0.3, -0.25) is 0 Å². The fraction of sp³-hybridized carbons (Fsp3) is 0.611. The van der Waals surface area contributed by atoms with Gasteiger partial charge in [0.1, 0.15) is 5.60 Å². The smallest absolute Gasteiger partial charge is 0.407 e. The van der Waals surface area contributed by atoms with Crippen molar-refractivity contribution < 1.29 is 9.53 Å². The molecule has 0 aromatic heterocycles. The van der Waals surface area contributed by atoms with Crippen LogP contribution in [0, 0.1) is 0 Å². The molecule has 0 aliphatic heterocycles. The third-order valence-electron chi connectivity index (χ3n) is 3.46. The van der Waals surface area contributed by atoms with E-state index in [4.69, 9.17) is 4.74 Å². The summed E-state index contributed by atoms with van der Waals surface area (Å²) in [6.07, 6.45) is 0.761. The number of nitrogens with one attached hydrogen (secondary N) is 2. The molecule has 0 saturated carbocycles. The molecule has 1 rings (SSSR count). The second-order valence-corrected chi connectivity index (χ2v) is 6.86. The molecule has 2 N–H and O–H groups in total. The number of hydrogen-bond acceptors (Lipinski definition) is 3. The lowest BCUT2D eigenvalue weighted by Gasteiger charge is -2.21. The van der Waals surface area contributed by atoms with E-state index in [9.17, 15) is 4.79 Å². The van der Waals surface area contributed by atoms with Crippen LogP contribution in [-0.4, -0.2) is 24.3 Å². The van der Waals surface area contributed by atoms with Gasteiger partial charge in [-0.25, -0.2) is 4.79 Å². The first-order valence-corrected chi connectivity index (χ1v) is 8.04. The van der Waals surface area contributed by atoms with Gasteiger partial charge in [0.05, 0.1) is 0 Å². The summed E-state index contributed by atoms with van der Waals surface area (Å²) in [5, 5.41) is 6.15. The molecule has 1 aromatic rings. The maximum atomic E-state index is 11.6. The molecule has 124 valence electrons. The predicted octanol–water partition coefficient (Wildman–Crippen LogP) is 4.53. The van der Waals surface area contributed by atoms with Gasteiger partial charge >= 0.3 is 6.09 Å². The van der Waals surface area contributed by atoms with Crippen molar-refractivity contribution in [1.29, 1.82) is 0 Å². The van der Waals surface area contributed by atoms with Gasteiger partial charge in [0.25, 0.3) is 0 Å². The molecule has 1 aromatic carbocycles. The maximum absolute atomic E-state index is 11.6. The zero-order valence-electron chi connectivity index (χ0n) is 14.7. The first kappa shape index (κ1) is 18.3. The maximum Gasteiger partial charge on any atom is 0.407 e. The van der Waals surface area contributed by atoms with Gasteiger partial charge in [-0.2, -0.15) is 0 Å². The molecule has 2 unspecified atom stereocenters. The van der Waals surface area contributed by atoms with Crippen LogP contribution < -0.4 is 10.6 Å². The Morgan fingerprint density at radius 2 is 1.77 bits per heavy atom. The third-order valence-corrected chi connectivity index (χ3v) is 3.46. The topological polar surface area (TPSA) is 50.4 Å². The summed E-state index contributed by atoms with van der Waals surface area (Å²) in [6, 6.07) is 8.62. The van der Waals surface area contributed by atoms with Crippen molar-refractivity contribution in [3.8, 4) is 0 Å². The first-order valence-electron chi connectivity index (χ1n) is 8.04. The van der Waals surface area contributed by atoms with Crippen molar-refractivity contribution in [2.24, 2.45) is 0 Å². The average Bonchev–Trinajstić information content (AvgIpc) is 2.43. The SMILES string of the molecule is CCC(C)c1ccc(NC(C)CNC(=O)OC(C)(C)C)cc1. The molecule has 22 heavy (non-hydrogen) atoms. The number of amides is 1. The van der Waals surface area contributed by atoms with Gasteiger partial charge in [0.2, 0.25) is 0 Å². The molecule has 4 heteroatoms. The molecule has 0 spiro atoms. The number of carbonyl (C=O) groups is 1. The second kappa shape index (κ2) is 8.06. The molecule has 4 nitrogen and oxygen atoms in total. The van der Waals surface area contributed by atoms with Crippen LogP contribution in [0.15, 0.2) is 24.3 Å². The standard InChI is InChI=1S/C18H30N2O2/c1-7-13(2)15-8-10-16(11-9-15)20-14(3)12-19-17(21)22-18(4,5)6/h8-11,13-14,20H,7,12H2,1-6H3,(H,19,21). The number of hydrogen-bond donors (Lipinski definition) is 2. The molecule has 0 saturated heterocycles. The summed E-state index contributed by atoms with van der Waals surface area (Å²) < 4.78 is 5.21. The van der Waals surface area contributed by atoms with Crippen LogP contribution in [0.25, 0.3) is 0 Å². The van der Waals surface area contributed by atoms with E-state index in [1.807, 2.05) is 27.7 Å². The quantitative estimate of drug-likeness (QED) is 0.812. The predicted molar refractivity (Wildman–Crippen MR) is 92.5 cm³/mol. The van der Waals surface area contributed by atoms with Gasteiger partial charge in [-0.05, 0) is 57.7 Å². The van der Waals surface area contributed by atoms with Crippen molar-refractivity contribution in [1.82, 2.24) is 5.32 Å². The molecular weight excluding hydrogens is 276 g/mol. The Balaban J connectivity index is 2.42. The van der Waals surface area contributed by atoms with E-state index in [0.29, 0.717) is 12.5 Å². The molecule has 0 bridgehead atoms.